The number of nitrogens with two attached hydrogens (primary N) is 1. The molecule has 1 atom stereocenters. The van der Waals surface area contributed by atoms with Gasteiger partial charge < -0.3 is 10.8 Å². The van der Waals surface area contributed by atoms with Gasteiger partial charge in [-0.25, -0.2) is 0 Å². The summed E-state index contributed by atoms with van der Waals surface area (Å²) in [6.07, 6.45) is 23.0. The van der Waals surface area contributed by atoms with E-state index in [1.807, 2.05) is 0 Å². The van der Waals surface area contributed by atoms with Crippen molar-refractivity contribution in [2.45, 2.75) is 116 Å². The van der Waals surface area contributed by atoms with Gasteiger partial charge in [0.15, 0.2) is 0 Å². The Morgan fingerprint density at radius 2 is 1.25 bits per heavy atom. The second-order valence-electron chi connectivity index (χ2n) is 7.41. The van der Waals surface area contributed by atoms with Crippen molar-refractivity contribution in [1.82, 2.24) is 0 Å². The molecule has 0 radical (unpaired) electrons. The second-order valence-corrected chi connectivity index (χ2v) is 7.41. The largest absolute Gasteiger partial charge is 0.480 e. The minimum Gasteiger partial charge on any atom is -0.480 e. The number of unbranched alkanes of at least 4 members (excludes halogenated alkanes) is 12. The van der Waals surface area contributed by atoms with Crippen molar-refractivity contribution in [3.05, 3.63) is 12.2 Å². The number of carboxylic acid groups (broad SMARTS) is 1. The van der Waals surface area contributed by atoms with E-state index in [0.717, 1.165) is 12.8 Å². The lowest BCUT2D eigenvalue weighted by Gasteiger charge is -2.18. The standard InChI is InChI=1S/C21H41NO2/c1-3-4-5-6-7-8-9-10-11-12-13-14-15-16-17-18-19-21(2,22)20(23)24/h10-11H,3-9,12-19,22H2,1-2H3,(H,23,24). The van der Waals surface area contributed by atoms with Crippen LogP contribution in [0.15, 0.2) is 12.2 Å². The van der Waals surface area contributed by atoms with Crippen molar-refractivity contribution in [3.63, 3.8) is 0 Å². The molecule has 3 heteroatoms. The molecule has 142 valence electrons. The normalized spacial score (nSPS) is 14.1. The monoisotopic (exact) mass is 339 g/mol. The van der Waals surface area contributed by atoms with E-state index in [1.165, 1.54) is 77.0 Å². The molecule has 0 saturated heterocycles. The van der Waals surface area contributed by atoms with Crippen molar-refractivity contribution in [2.24, 2.45) is 5.73 Å². The molecule has 0 aromatic carbocycles. The summed E-state index contributed by atoms with van der Waals surface area (Å²) in [6, 6.07) is 0. The van der Waals surface area contributed by atoms with Gasteiger partial charge in [-0.15, -0.1) is 0 Å². The van der Waals surface area contributed by atoms with Gasteiger partial charge in [-0.2, -0.15) is 0 Å². The Bertz CT molecular complexity index is 324. The van der Waals surface area contributed by atoms with E-state index in [2.05, 4.69) is 19.1 Å². The zero-order valence-electron chi connectivity index (χ0n) is 16.2. The predicted octanol–water partition coefficient (Wildman–Crippen LogP) is 6.22. The molecule has 0 fully saturated rings. The molecule has 0 aromatic rings. The zero-order valence-corrected chi connectivity index (χ0v) is 16.2. The number of carbonyl (C=O) groups is 1. The average molecular weight is 340 g/mol. The van der Waals surface area contributed by atoms with Crippen molar-refractivity contribution < 1.29 is 9.90 Å². The summed E-state index contributed by atoms with van der Waals surface area (Å²) in [4.78, 5) is 10.9. The highest BCUT2D eigenvalue weighted by molar-refractivity contribution is 5.77. The summed E-state index contributed by atoms with van der Waals surface area (Å²) >= 11 is 0. The molecule has 0 aliphatic heterocycles. The first kappa shape index (κ1) is 23.2. The van der Waals surface area contributed by atoms with Crippen molar-refractivity contribution in [1.29, 1.82) is 0 Å². The van der Waals surface area contributed by atoms with Gasteiger partial charge in [0.2, 0.25) is 0 Å². The minimum atomic E-state index is -1.05. The number of rotatable bonds is 17. The van der Waals surface area contributed by atoms with Gasteiger partial charge in [0, 0.05) is 0 Å². The van der Waals surface area contributed by atoms with E-state index in [9.17, 15) is 4.79 Å². The van der Waals surface area contributed by atoms with Crippen LogP contribution in [0, 0.1) is 0 Å². The average Bonchev–Trinajstić information content (AvgIpc) is 2.54. The van der Waals surface area contributed by atoms with Gasteiger partial charge in [0.25, 0.3) is 0 Å². The lowest BCUT2D eigenvalue weighted by atomic mass is 9.95. The smallest absolute Gasteiger partial charge is 0.323 e. The molecule has 0 heterocycles. The van der Waals surface area contributed by atoms with Gasteiger partial charge in [-0.3, -0.25) is 4.79 Å². The van der Waals surface area contributed by atoms with Crippen molar-refractivity contribution in [3.8, 4) is 0 Å². The Morgan fingerprint density at radius 1 is 0.833 bits per heavy atom. The molecule has 3 nitrogen and oxygen atoms in total. The molecular weight excluding hydrogens is 298 g/mol. The highest BCUT2D eigenvalue weighted by Crippen LogP contribution is 2.14. The van der Waals surface area contributed by atoms with Crippen LogP contribution in [0.2, 0.25) is 0 Å². The van der Waals surface area contributed by atoms with Crippen molar-refractivity contribution >= 4 is 5.97 Å². The molecule has 0 saturated carbocycles. The summed E-state index contributed by atoms with van der Waals surface area (Å²) in [6.45, 7) is 3.87. The summed E-state index contributed by atoms with van der Waals surface area (Å²) in [7, 11) is 0. The topological polar surface area (TPSA) is 63.3 Å². The van der Waals surface area contributed by atoms with Gasteiger partial charge in [-0.05, 0) is 39.0 Å². The summed E-state index contributed by atoms with van der Waals surface area (Å²) in [5.41, 5.74) is 4.66. The van der Waals surface area contributed by atoms with E-state index in [1.54, 1.807) is 6.92 Å². The van der Waals surface area contributed by atoms with Crippen LogP contribution in [0.4, 0.5) is 0 Å². The molecule has 0 rings (SSSR count). The fraction of sp³-hybridized carbons (Fsp3) is 0.857. The predicted molar refractivity (Wildman–Crippen MR) is 104 cm³/mol. The number of carboxylic acids is 1. The number of allylic oxidation sites excluding steroid dienone is 2. The number of hydrogen-bond acceptors (Lipinski definition) is 2. The minimum absolute atomic E-state index is 0.573. The Labute approximate surface area is 150 Å². The highest BCUT2D eigenvalue weighted by atomic mass is 16.4. The quantitative estimate of drug-likeness (QED) is 0.244. The molecule has 0 spiro atoms. The van der Waals surface area contributed by atoms with E-state index < -0.39 is 11.5 Å². The lowest BCUT2D eigenvalue weighted by molar-refractivity contribution is -0.142. The first-order valence-corrected chi connectivity index (χ1v) is 10.2. The van der Waals surface area contributed by atoms with Crippen LogP contribution in [0.25, 0.3) is 0 Å². The van der Waals surface area contributed by atoms with Gasteiger partial charge >= 0.3 is 5.97 Å². The maximum atomic E-state index is 10.9. The summed E-state index contributed by atoms with van der Waals surface area (Å²) in [5.74, 6) is -0.893. The molecule has 24 heavy (non-hydrogen) atoms. The molecule has 0 bridgehead atoms. The zero-order chi connectivity index (χ0) is 18.1. The second kappa shape index (κ2) is 15.7. The molecule has 0 aromatic heterocycles. The summed E-state index contributed by atoms with van der Waals surface area (Å²) < 4.78 is 0. The molecule has 0 aliphatic carbocycles. The van der Waals surface area contributed by atoms with Crippen LogP contribution in [-0.4, -0.2) is 16.6 Å². The third kappa shape index (κ3) is 14.7. The Balaban J connectivity index is 3.25. The van der Waals surface area contributed by atoms with Gasteiger partial charge in [-0.1, -0.05) is 83.3 Å². The number of aliphatic carboxylic acids is 1. The Kier molecular flexibility index (Phi) is 15.1. The SMILES string of the molecule is CCCCCCCCC=CCCCCCCCCC(C)(N)C(=O)O. The van der Waals surface area contributed by atoms with Crippen molar-refractivity contribution in [2.75, 3.05) is 0 Å². The van der Waals surface area contributed by atoms with Gasteiger partial charge in [0.1, 0.15) is 5.54 Å². The summed E-state index contributed by atoms with van der Waals surface area (Å²) in [5, 5.41) is 8.94. The Hall–Kier alpha value is -0.830. The fourth-order valence-electron chi connectivity index (χ4n) is 2.85. The van der Waals surface area contributed by atoms with E-state index >= 15 is 0 Å². The first-order valence-electron chi connectivity index (χ1n) is 10.2. The van der Waals surface area contributed by atoms with Gasteiger partial charge in [0.05, 0.1) is 0 Å². The van der Waals surface area contributed by atoms with Crippen LogP contribution in [0.1, 0.15) is 110 Å². The Morgan fingerprint density at radius 3 is 1.71 bits per heavy atom. The third-order valence-corrected chi connectivity index (χ3v) is 4.70. The molecule has 0 aliphatic rings. The van der Waals surface area contributed by atoms with Crippen LogP contribution in [-0.2, 0) is 4.79 Å². The van der Waals surface area contributed by atoms with Crippen LogP contribution >= 0.6 is 0 Å². The van der Waals surface area contributed by atoms with E-state index in [-0.39, 0.29) is 0 Å². The molecular formula is C21H41NO2. The molecule has 3 N–H and O–H groups in total. The first-order chi connectivity index (χ1) is 11.5. The number of hydrogen-bond donors (Lipinski definition) is 2. The highest BCUT2D eigenvalue weighted by Gasteiger charge is 2.26. The van der Waals surface area contributed by atoms with E-state index in [0.29, 0.717) is 6.42 Å². The van der Waals surface area contributed by atoms with Crippen LogP contribution in [0.3, 0.4) is 0 Å². The maximum Gasteiger partial charge on any atom is 0.323 e. The molecule has 0 amide bonds. The third-order valence-electron chi connectivity index (χ3n) is 4.70. The van der Waals surface area contributed by atoms with Crippen LogP contribution in [0.5, 0.6) is 0 Å². The van der Waals surface area contributed by atoms with Crippen LogP contribution < -0.4 is 5.73 Å². The maximum absolute atomic E-state index is 10.9. The molecule has 1 unspecified atom stereocenters. The fourth-order valence-corrected chi connectivity index (χ4v) is 2.85. The lowest BCUT2D eigenvalue weighted by Crippen LogP contribution is -2.44. The van der Waals surface area contributed by atoms with E-state index in [4.69, 9.17) is 10.8 Å².